The minimum Gasteiger partial charge on any atom is -0.481 e. The van der Waals surface area contributed by atoms with Crippen molar-refractivity contribution in [1.82, 2.24) is 15.3 Å². The molecule has 0 aliphatic carbocycles. The second-order valence-corrected chi connectivity index (χ2v) is 7.72. The number of hydrogen-bond donors (Lipinski definition) is 6. The molecular formula is C19H23N5O6S. The summed E-state index contributed by atoms with van der Waals surface area (Å²) in [6.07, 6.45) is 0.701. The lowest BCUT2D eigenvalue weighted by Gasteiger charge is -2.14. The van der Waals surface area contributed by atoms with Gasteiger partial charge >= 0.3 is 11.9 Å². The molecule has 11 nitrogen and oxygen atoms in total. The average Bonchev–Trinajstić information content (AvgIpc) is 2.69. The second-order valence-electron chi connectivity index (χ2n) is 6.61. The predicted octanol–water partition coefficient (Wildman–Crippen LogP) is 0.707. The number of aliphatic carboxylic acids is 2. The van der Waals surface area contributed by atoms with Gasteiger partial charge in [0.2, 0.25) is 5.95 Å². The molecule has 0 fully saturated rings. The first kappa shape index (κ1) is 23.7. The lowest BCUT2D eigenvalue weighted by atomic mass is 10.1. The second kappa shape index (κ2) is 11.0. The topological polar surface area (TPSA) is 201 Å². The van der Waals surface area contributed by atoms with Crippen molar-refractivity contribution in [3.8, 4) is 0 Å². The molecule has 0 spiro atoms. The number of nitrogens with one attached hydrogen (secondary N) is 2. The zero-order chi connectivity index (χ0) is 23.0. The summed E-state index contributed by atoms with van der Waals surface area (Å²) in [7, 11) is 0. The molecular weight excluding hydrogens is 426 g/mol. The van der Waals surface area contributed by atoms with E-state index in [0.29, 0.717) is 23.5 Å². The zero-order valence-electron chi connectivity index (χ0n) is 16.5. The molecule has 0 unspecified atom stereocenters. The third kappa shape index (κ3) is 7.33. The molecule has 2 rings (SSSR count). The maximum Gasteiger partial charge on any atom is 0.326 e. The lowest BCUT2D eigenvalue weighted by molar-refractivity contribution is -0.140. The summed E-state index contributed by atoms with van der Waals surface area (Å²) in [5, 5.41) is 20.2. The maximum absolute atomic E-state index is 12.4. The molecule has 1 aromatic carbocycles. The number of H-pyrrole nitrogens is 1. The number of amides is 1. The summed E-state index contributed by atoms with van der Waals surface area (Å²) >= 11 is 1.25. The number of aromatic amines is 1. The van der Waals surface area contributed by atoms with Gasteiger partial charge in [0, 0.05) is 12.0 Å². The van der Waals surface area contributed by atoms with E-state index in [1.54, 1.807) is 18.2 Å². The van der Waals surface area contributed by atoms with Crippen LogP contribution in [0.15, 0.2) is 34.0 Å². The number of hydrogen-bond acceptors (Lipinski definition) is 8. The fraction of sp³-hybridized carbons (Fsp3) is 0.316. The maximum atomic E-state index is 12.4. The summed E-state index contributed by atoms with van der Waals surface area (Å²) in [4.78, 5) is 52.7. The van der Waals surface area contributed by atoms with E-state index in [1.807, 2.05) is 6.07 Å². The number of nitrogens with two attached hydrogens (primary N) is 2. The highest BCUT2D eigenvalue weighted by Crippen LogP contribution is 2.21. The molecule has 31 heavy (non-hydrogen) atoms. The van der Waals surface area contributed by atoms with Crippen molar-refractivity contribution in [1.29, 1.82) is 0 Å². The van der Waals surface area contributed by atoms with Crippen LogP contribution in [0.5, 0.6) is 0 Å². The van der Waals surface area contributed by atoms with Crippen molar-refractivity contribution in [3.05, 3.63) is 45.7 Å². The first-order valence-corrected chi connectivity index (χ1v) is 10.3. The fourth-order valence-electron chi connectivity index (χ4n) is 2.72. The van der Waals surface area contributed by atoms with E-state index < -0.39 is 29.4 Å². The number of rotatable bonds is 11. The van der Waals surface area contributed by atoms with E-state index in [-0.39, 0.29) is 30.2 Å². The molecule has 0 aliphatic rings. The van der Waals surface area contributed by atoms with Crippen molar-refractivity contribution in [3.63, 3.8) is 0 Å². The SMILES string of the molecule is Nc1nc(N)c(SCCCc2cccc(C(=O)N[C@@H](CCC(=O)O)C(=O)O)c2)c(=O)[nH]1. The third-order valence-corrected chi connectivity index (χ3v) is 5.39. The molecule has 0 saturated carbocycles. The number of anilines is 2. The predicted molar refractivity (Wildman–Crippen MR) is 115 cm³/mol. The Morgan fingerprint density at radius 3 is 2.61 bits per heavy atom. The zero-order valence-corrected chi connectivity index (χ0v) is 17.3. The van der Waals surface area contributed by atoms with Gasteiger partial charge in [-0.05, 0) is 42.7 Å². The Balaban J connectivity index is 1.92. The van der Waals surface area contributed by atoms with Crippen LogP contribution in [0.25, 0.3) is 0 Å². The number of thioether (sulfide) groups is 1. The number of benzene rings is 1. The minimum atomic E-state index is -1.30. The Morgan fingerprint density at radius 2 is 1.97 bits per heavy atom. The van der Waals surface area contributed by atoms with Crippen molar-refractivity contribution in [2.75, 3.05) is 17.2 Å². The summed E-state index contributed by atoms with van der Waals surface area (Å²) < 4.78 is 0. The number of carbonyl (C=O) groups excluding carboxylic acids is 1. The van der Waals surface area contributed by atoms with Crippen LogP contribution in [0.2, 0.25) is 0 Å². The van der Waals surface area contributed by atoms with E-state index in [2.05, 4.69) is 15.3 Å². The lowest BCUT2D eigenvalue weighted by Crippen LogP contribution is -2.41. The number of nitrogen functional groups attached to an aromatic ring is 2. The standard InChI is InChI=1S/C19H23N5O6S/c20-15-14(17(28)24-19(21)23-15)31-8-2-4-10-3-1-5-11(9-10)16(27)22-12(18(29)30)6-7-13(25)26/h1,3,5,9,12H,2,4,6-8H2,(H,22,27)(H,25,26)(H,29,30)(H5,20,21,23,24,28)/t12-/m0/s1. The van der Waals surface area contributed by atoms with Gasteiger partial charge in [0.15, 0.2) is 0 Å². The summed E-state index contributed by atoms with van der Waals surface area (Å²) in [6, 6.07) is 5.40. The fourth-order valence-corrected chi connectivity index (χ4v) is 3.59. The summed E-state index contributed by atoms with van der Waals surface area (Å²) in [5.74, 6) is -2.43. The highest BCUT2D eigenvalue weighted by molar-refractivity contribution is 7.99. The minimum absolute atomic E-state index is 0.0463. The molecule has 0 aliphatic heterocycles. The molecule has 1 atom stereocenters. The number of aryl methyl sites for hydroxylation is 1. The molecule has 166 valence electrons. The van der Waals surface area contributed by atoms with Crippen LogP contribution in [0.4, 0.5) is 11.8 Å². The van der Waals surface area contributed by atoms with Crippen molar-refractivity contribution < 1.29 is 24.6 Å². The van der Waals surface area contributed by atoms with Crippen LogP contribution in [-0.2, 0) is 16.0 Å². The van der Waals surface area contributed by atoms with Crippen LogP contribution in [-0.4, -0.2) is 49.8 Å². The number of carbonyl (C=O) groups is 3. The van der Waals surface area contributed by atoms with Crippen LogP contribution in [0.1, 0.15) is 35.2 Å². The van der Waals surface area contributed by atoms with Gasteiger partial charge < -0.3 is 27.0 Å². The van der Waals surface area contributed by atoms with Gasteiger partial charge in [-0.1, -0.05) is 12.1 Å². The van der Waals surface area contributed by atoms with Gasteiger partial charge in [0.25, 0.3) is 11.5 Å². The Bertz CT molecular complexity index is 1030. The van der Waals surface area contributed by atoms with E-state index in [0.717, 1.165) is 5.56 Å². The van der Waals surface area contributed by atoms with Gasteiger partial charge in [0.05, 0.1) is 0 Å². The number of aromatic nitrogens is 2. The Kier molecular flexibility index (Phi) is 8.43. The summed E-state index contributed by atoms with van der Waals surface area (Å²) in [6.45, 7) is 0. The van der Waals surface area contributed by atoms with Crippen molar-refractivity contribution in [2.45, 2.75) is 36.6 Å². The smallest absolute Gasteiger partial charge is 0.326 e. The van der Waals surface area contributed by atoms with E-state index in [4.69, 9.17) is 16.6 Å². The Hall–Kier alpha value is -3.54. The molecule has 1 aromatic heterocycles. The average molecular weight is 449 g/mol. The molecule has 0 saturated heterocycles. The monoisotopic (exact) mass is 449 g/mol. The normalized spacial score (nSPS) is 11.6. The van der Waals surface area contributed by atoms with Crippen molar-refractivity contribution in [2.24, 2.45) is 0 Å². The molecule has 0 radical (unpaired) electrons. The number of carboxylic acids is 2. The van der Waals surface area contributed by atoms with Crippen LogP contribution >= 0.6 is 11.8 Å². The first-order chi connectivity index (χ1) is 14.7. The number of nitrogens with zero attached hydrogens (tertiary/aromatic N) is 1. The quantitative estimate of drug-likeness (QED) is 0.209. The van der Waals surface area contributed by atoms with Gasteiger partial charge in [-0.2, -0.15) is 4.98 Å². The van der Waals surface area contributed by atoms with Crippen LogP contribution in [0, 0.1) is 0 Å². The molecule has 2 aromatic rings. The number of carboxylic acid groups (broad SMARTS) is 2. The third-order valence-electron chi connectivity index (χ3n) is 4.22. The Morgan fingerprint density at radius 1 is 1.23 bits per heavy atom. The summed E-state index contributed by atoms with van der Waals surface area (Å²) in [5.41, 5.74) is 11.9. The van der Waals surface area contributed by atoms with Crippen LogP contribution < -0.4 is 22.3 Å². The van der Waals surface area contributed by atoms with E-state index in [9.17, 15) is 24.3 Å². The molecule has 12 heteroatoms. The van der Waals surface area contributed by atoms with Gasteiger partial charge in [-0.3, -0.25) is 19.4 Å². The molecule has 8 N–H and O–H groups in total. The Labute approximate surface area is 181 Å². The van der Waals surface area contributed by atoms with Gasteiger partial charge in [-0.15, -0.1) is 11.8 Å². The van der Waals surface area contributed by atoms with E-state index in [1.165, 1.54) is 11.8 Å². The highest BCUT2D eigenvalue weighted by Gasteiger charge is 2.21. The van der Waals surface area contributed by atoms with Gasteiger partial charge in [-0.25, -0.2) is 4.79 Å². The van der Waals surface area contributed by atoms with Crippen LogP contribution in [0.3, 0.4) is 0 Å². The first-order valence-electron chi connectivity index (χ1n) is 9.30. The van der Waals surface area contributed by atoms with Crippen molar-refractivity contribution >= 4 is 41.4 Å². The largest absolute Gasteiger partial charge is 0.481 e. The van der Waals surface area contributed by atoms with Gasteiger partial charge in [0.1, 0.15) is 16.8 Å². The van der Waals surface area contributed by atoms with E-state index >= 15 is 0 Å². The molecule has 0 bridgehead atoms. The molecule has 1 amide bonds. The molecule has 1 heterocycles. The highest BCUT2D eigenvalue weighted by atomic mass is 32.2.